The minimum absolute atomic E-state index is 0.310. The highest BCUT2D eigenvalue weighted by atomic mass is 32.1. The minimum atomic E-state index is 0.310. The van der Waals surface area contributed by atoms with Gasteiger partial charge >= 0.3 is 0 Å². The third-order valence-corrected chi connectivity index (χ3v) is 1.80. The molecule has 0 aromatic carbocycles. The molecule has 64 valence electrons. The molecule has 0 aromatic heterocycles. The van der Waals surface area contributed by atoms with E-state index >= 15 is 0 Å². The van der Waals surface area contributed by atoms with Crippen molar-refractivity contribution in [3.63, 3.8) is 0 Å². The van der Waals surface area contributed by atoms with Crippen molar-refractivity contribution in [1.29, 1.82) is 0 Å². The molecule has 5 heteroatoms. The number of hydrogen-bond donors (Lipinski definition) is 0. The number of rotatable bonds is 2. The van der Waals surface area contributed by atoms with Gasteiger partial charge in [0.2, 0.25) is 5.11 Å². The molecule has 0 spiro atoms. The molecule has 0 radical (unpaired) electrons. The van der Waals surface area contributed by atoms with E-state index in [0.717, 1.165) is 5.71 Å². The monoisotopic (exact) mass is 190 g/mol. The second-order valence-corrected chi connectivity index (χ2v) is 2.86. The van der Waals surface area contributed by atoms with Crippen LogP contribution in [0.25, 0.3) is 0 Å². The van der Waals surface area contributed by atoms with Crippen molar-refractivity contribution >= 4 is 40.9 Å². The van der Waals surface area contributed by atoms with Gasteiger partial charge in [0, 0.05) is 6.42 Å². The number of thiocarbonyl (C=S) groups is 1. The van der Waals surface area contributed by atoms with Gasteiger partial charge in [-0.05, 0) is 12.2 Å². The number of amidine groups is 1. The Hall–Kier alpha value is -1.49. The van der Waals surface area contributed by atoms with Crippen molar-refractivity contribution in [3.05, 3.63) is 12.7 Å². The van der Waals surface area contributed by atoms with Crippen LogP contribution in [0.4, 0.5) is 0 Å². The van der Waals surface area contributed by atoms with Crippen LogP contribution in [0.1, 0.15) is 6.42 Å². The first-order chi connectivity index (χ1) is 6.31. The fourth-order valence-electron chi connectivity index (χ4n) is 1.11. The Bertz CT molecular complexity index is 400. The quantitative estimate of drug-likeness (QED) is 0.476. The van der Waals surface area contributed by atoms with Gasteiger partial charge in [-0.25, -0.2) is 15.0 Å². The van der Waals surface area contributed by atoms with Crippen molar-refractivity contribution in [2.75, 3.05) is 0 Å². The Morgan fingerprint density at radius 1 is 1.46 bits per heavy atom. The molecule has 0 fully saturated rings. The van der Waals surface area contributed by atoms with Crippen LogP contribution in [-0.2, 0) is 0 Å². The molecule has 0 N–H and O–H groups in total. The minimum Gasteiger partial charge on any atom is -0.231 e. The lowest BCUT2D eigenvalue weighted by molar-refractivity contribution is 1.45. The first kappa shape index (κ1) is 8.12. The molecule has 0 aliphatic carbocycles. The van der Waals surface area contributed by atoms with Crippen LogP contribution in [0.5, 0.6) is 0 Å². The predicted molar refractivity (Wildman–Crippen MR) is 58.2 cm³/mol. The molecule has 2 heterocycles. The lowest BCUT2D eigenvalue weighted by Crippen LogP contribution is -2.25. The van der Waals surface area contributed by atoms with Crippen LogP contribution < -0.4 is 0 Å². The summed E-state index contributed by atoms with van der Waals surface area (Å²) in [6, 6.07) is 0. The van der Waals surface area contributed by atoms with E-state index in [1.807, 2.05) is 0 Å². The van der Waals surface area contributed by atoms with Gasteiger partial charge in [0.25, 0.3) is 0 Å². The summed E-state index contributed by atoms with van der Waals surface area (Å²) < 4.78 is 0. The lowest BCUT2D eigenvalue weighted by atomic mass is 10.1. The van der Waals surface area contributed by atoms with Gasteiger partial charge in [0.15, 0.2) is 5.84 Å². The van der Waals surface area contributed by atoms with Crippen LogP contribution in [-0.4, -0.2) is 28.7 Å². The Balaban J connectivity index is 2.40. The lowest BCUT2D eigenvalue weighted by Gasteiger charge is -2.07. The van der Waals surface area contributed by atoms with E-state index in [9.17, 15) is 0 Å². The van der Waals surface area contributed by atoms with E-state index in [1.54, 1.807) is 6.08 Å². The fourth-order valence-corrected chi connectivity index (χ4v) is 1.31. The third-order valence-electron chi connectivity index (χ3n) is 1.62. The van der Waals surface area contributed by atoms with Gasteiger partial charge in [0.1, 0.15) is 12.1 Å². The average Bonchev–Trinajstić information content (AvgIpc) is 2.52. The predicted octanol–water partition coefficient (Wildman–Crippen LogP) is 1.18. The summed E-state index contributed by atoms with van der Waals surface area (Å²) in [4.78, 5) is 16.1. The van der Waals surface area contributed by atoms with E-state index in [1.165, 1.54) is 6.34 Å². The van der Waals surface area contributed by atoms with Gasteiger partial charge in [0.05, 0.1) is 5.71 Å². The summed E-state index contributed by atoms with van der Waals surface area (Å²) in [6.07, 6.45) is 3.85. The van der Waals surface area contributed by atoms with Crippen molar-refractivity contribution in [2.45, 2.75) is 6.42 Å². The maximum Gasteiger partial charge on any atom is 0.221 e. The average molecular weight is 190 g/mol. The van der Waals surface area contributed by atoms with Crippen LogP contribution in [0.3, 0.4) is 0 Å². The topological polar surface area (TPSA) is 49.4 Å². The molecule has 2 aliphatic rings. The molecular weight excluding hydrogens is 184 g/mol. The number of hydrogen-bond acceptors (Lipinski definition) is 3. The third kappa shape index (κ3) is 1.38. The van der Waals surface area contributed by atoms with Crippen molar-refractivity contribution in [3.8, 4) is 0 Å². The second kappa shape index (κ2) is 3.10. The molecule has 0 aromatic rings. The smallest absolute Gasteiger partial charge is 0.221 e. The molecule has 2 aliphatic heterocycles. The maximum absolute atomic E-state index is 4.88. The summed E-state index contributed by atoms with van der Waals surface area (Å²) in [7, 11) is 0. The van der Waals surface area contributed by atoms with E-state index in [-0.39, 0.29) is 0 Å². The summed E-state index contributed by atoms with van der Waals surface area (Å²) in [5, 5.41) is 0.310. The SMILES string of the molecule is C=CCC1=NC(=S)N=C2N=CN=C12. The van der Waals surface area contributed by atoms with Gasteiger partial charge < -0.3 is 0 Å². The second-order valence-electron chi connectivity index (χ2n) is 2.49. The zero-order valence-corrected chi connectivity index (χ0v) is 7.58. The Labute approximate surface area is 80.5 Å². The van der Waals surface area contributed by atoms with Gasteiger partial charge in [-0.3, -0.25) is 0 Å². The van der Waals surface area contributed by atoms with Crippen molar-refractivity contribution in [1.82, 2.24) is 0 Å². The fraction of sp³-hybridized carbons (Fsp3) is 0.125. The molecule has 0 saturated carbocycles. The molecular formula is C8H6N4S. The van der Waals surface area contributed by atoms with Crippen LogP contribution >= 0.6 is 12.2 Å². The van der Waals surface area contributed by atoms with Gasteiger partial charge in [-0.2, -0.15) is 4.99 Å². The summed E-state index contributed by atoms with van der Waals surface area (Å²) in [5.41, 5.74) is 1.51. The number of fused-ring (bicyclic) bond motifs is 1. The zero-order chi connectivity index (χ0) is 9.26. The van der Waals surface area contributed by atoms with Gasteiger partial charge in [-0.15, -0.1) is 6.58 Å². The van der Waals surface area contributed by atoms with Crippen molar-refractivity contribution < 1.29 is 0 Å². The maximum atomic E-state index is 4.88. The molecule has 0 bridgehead atoms. The standard InChI is InChI=1S/C8H6N4S/c1-2-3-5-6-7(10-4-9-6)12-8(13)11-5/h2,4H,1,3H2. The summed E-state index contributed by atoms with van der Waals surface area (Å²) in [6.45, 7) is 3.63. The van der Waals surface area contributed by atoms with Crippen LogP contribution in [0.2, 0.25) is 0 Å². The van der Waals surface area contributed by atoms with Crippen LogP contribution in [0, 0.1) is 0 Å². The van der Waals surface area contributed by atoms with Crippen LogP contribution in [0.15, 0.2) is 32.6 Å². The Kier molecular flexibility index (Phi) is 1.94. The zero-order valence-electron chi connectivity index (χ0n) is 6.77. The van der Waals surface area contributed by atoms with E-state index in [4.69, 9.17) is 12.2 Å². The number of aliphatic imine (C=N–C) groups is 4. The largest absolute Gasteiger partial charge is 0.231 e. The van der Waals surface area contributed by atoms with E-state index in [0.29, 0.717) is 23.1 Å². The number of allylic oxidation sites excluding steroid dienone is 1. The molecule has 0 unspecified atom stereocenters. The first-order valence-corrected chi connectivity index (χ1v) is 4.14. The highest BCUT2D eigenvalue weighted by Crippen LogP contribution is 2.08. The Morgan fingerprint density at radius 3 is 3.08 bits per heavy atom. The highest BCUT2D eigenvalue weighted by molar-refractivity contribution is 7.80. The molecule has 0 amide bonds. The Morgan fingerprint density at radius 2 is 2.31 bits per heavy atom. The van der Waals surface area contributed by atoms with Crippen molar-refractivity contribution in [2.24, 2.45) is 20.0 Å². The molecule has 0 saturated heterocycles. The number of nitrogens with zero attached hydrogens (tertiary/aromatic N) is 4. The van der Waals surface area contributed by atoms with Gasteiger partial charge in [-0.1, -0.05) is 6.08 Å². The molecule has 13 heavy (non-hydrogen) atoms. The highest BCUT2D eigenvalue weighted by Gasteiger charge is 2.22. The summed E-state index contributed by atoms with van der Waals surface area (Å²) >= 11 is 4.88. The summed E-state index contributed by atoms with van der Waals surface area (Å²) in [5.74, 6) is 0.567. The van der Waals surface area contributed by atoms with E-state index in [2.05, 4.69) is 26.5 Å². The first-order valence-electron chi connectivity index (χ1n) is 3.73. The molecule has 2 rings (SSSR count). The molecule has 0 atom stereocenters. The normalized spacial score (nSPS) is 19.1. The van der Waals surface area contributed by atoms with E-state index < -0.39 is 0 Å². The molecule has 4 nitrogen and oxygen atoms in total.